The first-order valence-corrected chi connectivity index (χ1v) is 7.77. The van der Waals surface area contributed by atoms with Gasteiger partial charge in [-0.05, 0) is 18.2 Å². The Morgan fingerprint density at radius 3 is 2.65 bits per heavy atom. The molecule has 0 saturated carbocycles. The minimum Gasteiger partial charge on any atom is -0.390 e. The molecule has 3 aromatic rings. The van der Waals surface area contributed by atoms with Crippen LogP contribution in [0.2, 0.25) is 0 Å². The molecule has 0 aliphatic rings. The molecular formula is C17H16ClN3O2. The van der Waals surface area contributed by atoms with E-state index < -0.39 is 6.10 Å². The molecule has 0 aliphatic heterocycles. The van der Waals surface area contributed by atoms with E-state index in [1.165, 1.54) is 0 Å². The molecule has 2 aromatic carbocycles. The molecule has 1 aromatic heterocycles. The molecule has 1 atom stereocenters. The monoisotopic (exact) mass is 329 g/mol. The Morgan fingerprint density at radius 2 is 1.87 bits per heavy atom. The van der Waals surface area contributed by atoms with Gasteiger partial charge in [0.1, 0.15) is 0 Å². The lowest BCUT2D eigenvalue weighted by atomic mass is 10.2. The van der Waals surface area contributed by atoms with Gasteiger partial charge in [0.2, 0.25) is 5.82 Å². The molecule has 2 N–H and O–H groups in total. The van der Waals surface area contributed by atoms with Crippen LogP contribution < -0.4 is 5.32 Å². The normalized spacial score (nSPS) is 12.1. The van der Waals surface area contributed by atoms with Crippen LogP contribution in [0.15, 0.2) is 59.1 Å². The van der Waals surface area contributed by atoms with Gasteiger partial charge in [-0.2, -0.15) is 4.98 Å². The number of benzene rings is 2. The maximum Gasteiger partial charge on any atom is 0.258 e. The summed E-state index contributed by atoms with van der Waals surface area (Å²) in [6, 6.07) is 17.2. The van der Waals surface area contributed by atoms with Gasteiger partial charge < -0.3 is 14.9 Å². The fraction of sp³-hybridized carbons (Fsp3) is 0.176. The van der Waals surface area contributed by atoms with Crippen molar-refractivity contribution in [1.29, 1.82) is 0 Å². The second kappa shape index (κ2) is 7.26. The highest BCUT2D eigenvalue weighted by atomic mass is 35.5. The Balaban J connectivity index is 1.78. The Bertz CT molecular complexity index is 761. The molecule has 23 heavy (non-hydrogen) atoms. The van der Waals surface area contributed by atoms with Gasteiger partial charge in [0.05, 0.1) is 12.0 Å². The summed E-state index contributed by atoms with van der Waals surface area (Å²) < 4.78 is 5.35. The molecule has 0 saturated heterocycles. The molecule has 0 spiro atoms. The van der Waals surface area contributed by atoms with Gasteiger partial charge >= 0.3 is 0 Å². The first-order valence-electron chi connectivity index (χ1n) is 7.24. The molecule has 1 heterocycles. The predicted molar refractivity (Wildman–Crippen MR) is 90.4 cm³/mol. The molecule has 0 radical (unpaired) electrons. The van der Waals surface area contributed by atoms with Crippen LogP contribution in [0.25, 0.3) is 22.8 Å². The van der Waals surface area contributed by atoms with Gasteiger partial charge in [0.25, 0.3) is 5.89 Å². The third kappa shape index (κ3) is 3.88. The van der Waals surface area contributed by atoms with E-state index >= 15 is 0 Å². The van der Waals surface area contributed by atoms with E-state index in [1.807, 2.05) is 54.6 Å². The van der Waals surface area contributed by atoms with Crippen molar-refractivity contribution in [3.05, 3.63) is 54.6 Å². The molecule has 0 aliphatic carbocycles. The van der Waals surface area contributed by atoms with Crippen molar-refractivity contribution in [2.75, 3.05) is 17.7 Å². The second-order valence-electron chi connectivity index (χ2n) is 5.06. The predicted octanol–water partition coefficient (Wildman–Crippen LogP) is 3.42. The van der Waals surface area contributed by atoms with Crippen LogP contribution in [-0.2, 0) is 0 Å². The molecule has 1 unspecified atom stereocenters. The minimum atomic E-state index is -0.589. The van der Waals surface area contributed by atoms with E-state index in [1.54, 1.807) is 0 Å². The van der Waals surface area contributed by atoms with Gasteiger partial charge in [-0.1, -0.05) is 41.6 Å². The van der Waals surface area contributed by atoms with Crippen LogP contribution in [0, 0.1) is 0 Å². The lowest BCUT2D eigenvalue weighted by molar-refractivity contribution is 0.211. The number of hydrogen-bond donors (Lipinski definition) is 2. The van der Waals surface area contributed by atoms with E-state index in [9.17, 15) is 5.11 Å². The van der Waals surface area contributed by atoms with Crippen molar-refractivity contribution in [1.82, 2.24) is 10.1 Å². The Morgan fingerprint density at radius 1 is 1.09 bits per heavy atom. The molecule has 6 heteroatoms. The lowest BCUT2D eigenvalue weighted by Gasteiger charge is -2.10. The minimum absolute atomic E-state index is 0.191. The first kappa shape index (κ1) is 15.5. The van der Waals surface area contributed by atoms with Gasteiger partial charge in [0.15, 0.2) is 0 Å². The molecule has 118 valence electrons. The molecule has 5 nitrogen and oxygen atoms in total. The van der Waals surface area contributed by atoms with Crippen LogP contribution in [0.1, 0.15) is 0 Å². The third-order valence-electron chi connectivity index (χ3n) is 3.29. The summed E-state index contributed by atoms with van der Waals surface area (Å²) in [6.07, 6.45) is -0.589. The maximum atomic E-state index is 9.50. The molecule has 0 amide bonds. The zero-order valence-corrected chi connectivity index (χ0v) is 13.1. The fourth-order valence-corrected chi connectivity index (χ4v) is 2.21. The fourth-order valence-electron chi connectivity index (χ4n) is 2.10. The smallest absolute Gasteiger partial charge is 0.258 e. The Kier molecular flexibility index (Phi) is 4.90. The van der Waals surface area contributed by atoms with Crippen molar-refractivity contribution in [3.63, 3.8) is 0 Å². The summed E-state index contributed by atoms with van der Waals surface area (Å²) >= 11 is 5.58. The van der Waals surface area contributed by atoms with E-state index in [4.69, 9.17) is 16.1 Å². The number of nitrogens with zero attached hydrogens (tertiary/aromatic N) is 2. The topological polar surface area (TPSA) is 71.2 Å². The zero-order valence-electron chi connectivity index (χ0n) is 12.3. The van der Waals surface area contributed by atoms with Crippen molar-refractivity contribution < 1.29 is 9.63 Å². The highest BCUT2D eigenvalue weighted by Gasteiger charge is 2.11. The number of nitrogens with one attached hydrogen (secondary N) is 1. The average molecular weight is 330 g/mol. The van der Waals surface area contributed by atoms with E-state index in [0.29, 0.717) is 18.3 Å². The molecule has 0 bridgehead atoms. The number of aliphatic hydroxyl groups is 1. The quantitative estimate of drug-likeness (QED) is 0.678. The van der Waals surface area contributed by atoms with Gasteiger partial charge in [-0.15, -0.1) is 11.6 Å². The summed E-state index contributed by atoms with van der Waals surface area (Å²) in [5, 5.41) is 16.6. The summed E-state index contributed by atoms with van der Waals surface area (Å²) in [5.41, 5.74) is 2.57. The van der Waals surface area contributed by atoms with Crippen molar-refractivity contribution >= 4 is 17.3 Å². The Hall–Kier alpha value is -2.37. The van der Waals surface area contributed by atoms with Gasteiger partial charge in [-0.25, -0.2) is 0 Å². The van der Waals surface area contributed by atoms with Crippen LogP contribution in [0.3, 0.4) is 0 Å². The summed E-state index contributed by atoms with van der Waals surface area (Å²) in [7, 11) is 0. The zero-order chi connectivity index (χ0) is 16.1. The van der Waals surface area contributed by atoms with Crippen LogP contribution >= 0.6 is 11.6 Å². The van der Waals surface area contributed by atoms with E-state index in [2.05, 4.69) is 15.5 Å². The first-order chi connectivity index (χ1) is 11.3. The standard InChI is InChI=1S/C17H16ClN3O2/c18-10-15(22)11-19-14-8-4-7-13(9-14)17-20-16(21-23-17)12-5-2-1-3-6-12/h1-9,15,19,22H,10-11H2. The van der Waals surface area contributed by atoms with Crippen LogP contribution in [-0.4, -0.2) is 33.8 Å². The van der Waals surface area contributed by atoms with E-state index in [0.717, 1.165) is 16.8 Å². The molecule has 3 rings (SSSR count). The number of aromatic nitrogens is 2. The van der Waals surface area contributed by atoms with E-state index in [-0.39, 0.29) is 5.88 Å². The highest BCUT2D eigenvalue weighted by molar-refractivity contribution is 6.18. The maximum absolute atomic E-state index is 9.50. The lowest BCUT2D eigenvalue weighted by Crippen LogP contribution is -2.20. The van der Waals surface area contributed by atoms with Crippen molar-refractivity contribution in [3.8, 4) is 22.8 Å². The van der Waals surface area contributed by atoms with Crippen molar-refractivity contribution in [2.45, 2.75) is 6.10 Å². The summed E-state index contributed by atoms with van der Waals surface area (Å²) in [5.74, 6) is 1.19. The van der Waals surface area contributed by atoms with Crippen LogP contribution in [0.4, 0.5) is 5.69 Å². The number of hydrogen-bond acceptors (Lipinski definition) is 5. The number of anilines is 1. The summed E-state index contributed by atoms with van der Waals surface area (Å²) in [6.45, 7) is 0.381. The SMILES string of the molecule is OC(CCl)CNc1cccc(-c2nc(-c3ccccc3)no2)c1. The molecular weight excluding hydrogens is 314 g/mol. The van der Waals surface area contributed by atoms with Gasteiger partial charge in [0, 0.05) is 23.4 Å². The van der Waals surface area contributed by atoms with Gasteiger partial charge in [-0.3, -0.25) is 0 Å². The highest BCUT2D eigenvalue weighted by Crippen LogP contribution is 2.24. The summed E-state index contributed by atoms with van der Waals surface area (Å²) in [4.78, 5) is 4.43. The number of aliphatic hydroxyl groups excluding tert-OH is 1. The number of rotatable bonds is 6. The largest absolute Gasteiger partial charge is 0.390 e. The Labute approximate surface area is 138 Å². The second-order valence-corrected chi connectivity index (χ2v) is 5.37. The molecule has 0 fully saturated rings. The number of halogens is 1. The number of alkyl halides is 1. The van der Waals surface area contributed by atoms with Crippen LogP contribution in [0.5, 0.6) is 0 Å². The average Bonchev–Trinajstić information content (AvgIpc) is 3.11. The van der Waals surface area contributed by atoms with Crippen molar-refractivity contribution in [2.24, 2.45) is 0 Å². The third-order valence-corrected chi connectivity index (χ3v) is 3.64.